The largest absolute Gasteiger partial charge is 0.493 e. The molecular weight excluding hydrogens is 472 g/mol. The second kappa shape index (κ2) is 12.1. The predicted octanol–water partition coefficient (Wildman–Crippen LogP) is 6.23. The van der Waals surface area contributed by atoms with Crippen LogP contribution in [0.5, 0.6) is 5.75 Å². The number of likely N-dealkylation sites (tertiary alicyclic amines) is 2. The summed E-state index contributed by atoms with van der Waals surface area (Å²) in [6.45, 7) is 7.36. The number of nitrogens with zero attached hydrogens (tertiary/aromatic N) is 2. The molecule has 2 atom stereocenters. The second-order valence-corrected chi connectivity index (χ2v) is 11.0. The van der Waals surface area contributed by atoms with E-state index in [-0.39, 0.29) is 17.7 Å². The summed E-state index contributed by atoms with van der Waals surface area (Å²) in [4.78, 5) is 31.2. The van der Waals surface area contributed by atoms with Crippen LogP contribution in [0.15, 0.2) is 48.5 Å². The van der Waals surface area contributed by atoms with Gasteiger partial charge in [-0.25, -0.2) is 0 Å². The number of hydrogen-bond acceptors (Lipinski definition) is 3. The standard InChI is InChI=1S/C30H39ClN2O3/c1-3-26(24-11-6-4-7-12-24)29(35)33-18-10-15-30(21-33,20-28(34)32-16-8-5-9-17-32)22-36-25-13-14-27(31)23(2)19-25/h4,6-7,11-14,19,26H,3,5,8-10,15-18,20-22H2,1-2H3/t26-,30+/m1/s1. The predicted molar refractivity (Wildman–Crippen MR) is 144 cm³/mol. The highest BCUT2D eigenvalue weighted by atomic mass is 35.5. The van der Waals surface area contributed by atoms with Crippen LogP contribution in [0.4, 0.5) is 0 Å². The number of benzene rings is 2. The molecule has 2 aromatic rings. The summed E-state index contributed by atoms with van der Waals surface area (Å²) < 4.78 is 6.31. The highest BCUT2D eigenvalue weighted by Gasteiger charge is 2.42. The molecule has 2 aliphatic rings. The number of hydrogen-bond donors (Lipinski definition) is 0. The molecule has 0 spiro atoms. The van der Waals surface area contributed by atoms with Gasteiger partial charge in [0.15, 0.2) is 0 Å². The Balaban J connectivity index is 1.54. The highest BCUT2D eigenvalue weighted by Crippen LogP contribution is 2.37. The zero-order valence-corrected chi connectivity index (χ0v) is 22.4. The van der Waals surface area contributed by atoms with Crippen LogP contribution in [0, 0.1) is 12.3 Å². The molecule has 0 N–H and O–H groups in total. The number of amides is 2. The summed E-state index contributed by atoms with van der Waals surface area (Å²) in [5.41, 5.74) is 1.60. The molecule has 2 aromatic carbocycles. The summed E-state index contributed by atoms with van der Waals surface area (Å²) in [5.74, 6) is 0.927. The molecule has 6 heteroatoms. The molecule has 0 aromatic heterocycles. The summed E-state index contributed by atoms with van der Waals surface area (Å²) >= 11 is 6.21. The maximum atomic E-state index is 13.7. The van der Waals surface area contributed by atoms with E-state index in [0.29, 0.717) is 24.6 Å². The molecule has 5 nitrogen and oxygen atoms in total. The van der Waals surface area contributed by atoms with Crippen LogP contribution in [-0.2, 0) is 9.59 Å². The third-order valence-corrected chi connectivity index (χ3v) is 8.21. The molecule has 2 fully saturated rings. The van der Waals surface area contributed by atoms with E-state index < -0.39 is 5.41 Å². The lowest BCUT2D eigenvalue weighted by Gasteiger charge is -2.44. The van der Waals surface area contributed by atoms with E-state index in [1.54, 1.807) is 0 Å². The van der Waals surface area contributed by atoms with Gasteiger partial charge in [0.25, 0.3) is 0 Å². The number of piperidine rings is 2. The minimum absolute atomic E-state index is 0.153. The lowest BCUT2D eigenvalue weighted by atomic mass is 9.76. The molecule has 4 rings (SSSR count). The smallest absolute Gasteiger partial charge is 0.230 e. The van der Waals surface area contributed by atoms with Crippen LogP contribution in [0.3, 0.4) is 0 Å². The summed E-state index contributed by atoms with van der Waals surface area (Å²) in [5, 5.41) is 0.707. The van der Waals surface area contributed by atoms with E-state index in [9.17, 15) is 9.59 Å². The monoisotopic (exact) mass is 510 g/mol. The lowest BCUT2D eigenvalue weighted by molar-refractivity contribution is -0.143. The van der Waals surface area contributed by atoms with Gasteiger partial charge in [-0.1, -0.05) is 48.9 Å². The van der Waals surface area contributed by atoms with Gasteiger partial charge in [0.2, 0.25) is 11.8 Å². The number of ether oxygens (including phenoxy) is 1. The van der Waals surface area contributed by atoms with Crippen molar-refractivity contribution < 1.29 is 14.3 Å². The third kappa shape index (κ3) is 6.42. The minimum Gasteiger partial charge on any atom is -0.493 e. The third-order valence-electron chi connectivity index (χ3n) is 7.79. The van der Waals surface area contributed by atoms with E-state index in [1.807, 2.05) is 65.3 Å². The fraction of sp³-hybridized carbons (Fsp3) is 0.533. The van der Waals surface area contributed by atoms with Crippen LogP contribution < -0.4 is 4.74 Å². The van der Waals surface area contributed by atoms with Crippen molar-refractivity contribution in [2.45, 2.75) is 64.7 Å². The first kappa shape index (κ1) is 26.5. The normalized spacial score (nSPS) is 21.2. The zero-order valence-electron chi connectivity index (χ0n) is 21.7. The van der Waals surface area contributed by atoms with Gasteiger partial charge in [0, 0.05) is 43.0 Å². The molecular formula is C30H39ClN2O3. The van der Waals surface area contributed by atoms with Gasteiger partial charge < -0.3 is 14.5 Å². The molecule has 0 radical (unpaired) electrons. The lowest BCUT2D eigenvalue weighted by Crippen LogP contribution is -2.52. The molecule has 2 amide bonds. The molecule has 2 heterocycles. The van der Waals surface area contributed by atoms with E-state index in [1.165, 1.54) is 6.42 Å². The molecule has 194 valence electrons. The molecule has 36 heavy (non-hydrogen) atoms. The van der Waals surface area contributed by atoms with E-state index in [2.05, 4.69) is 6.92 Å². The van der Waals surface area contributed by atoms with Gasteiger partial charge in [-0.2, -0.15) is 0 Å². The molecule has 2 aliphatic heterocycles. The Bertz CT molecular complexity index is 1040. The SMILES string of the molecule is CC[C@@H](C(=O)N1CCC[C@](COc2ccc(Cl)c(C)c2)(CC(=O)N2CCCCC2)C1)c1ccccc1. The van der Waals surface area contributed by atoms with Crippen molar-refractivity contribution in [1.82, 2.24) is 9.80 Å². The summed E-state index contributed by atoms with van der Waals surface area (Å²) in [6.07, 6.45) is 6.22. The summed E-state index contributed by atoms with van der Waals surface area (Å²) in [6, 6.07) is 15.7. The number of carbonyl (C=O) groups is 2. The Morgan fingerprint density at radius 1 is 1.00 bits per heavy atom. The maximum absolute atomic E-state index is 13.7. The number of aryl methyl sites for hydroxylation is 1. The van der Waals surface area contributed by atoms with Crippen LogP contribution >= 0.6 is 11.6 Å². The molecule has 0 aliphatic carbocycles. The van der Waals surface area contributed by atoms with Crippen LogP contribution in [-0.4, -0.2) is 54.4 Å². The highest BCUT2D eigenvalue weighted by molar-refractivity contribution is 6.31. The minimum atomic E-state index is -0.412. The number of halogens is 1. The fourth-order valence-corrected chi connectivity index (χ4v) is 5.80. The Kier molecular flexibility index (Phi) is 8.95. The van der Waals surface area contributed by atoms with Crippen LogP contribution in [0.2, 0.25) is 5.02 Å². The van der Waals surface area contributed by atoms with Gasteiger partial charge in [-0.05, 0) is 74.8 Å². The number of rotatable bonds is 8. The van der Waals surface area contributed by atoms with Crippen molar-refractivity contribution in [2.24, 2.45) is 5.41 Å². The van der Waals surface area contributed by atoms with Crippen molar-refractivity contribution >= 4 is 23.4 Å². The molecule has 2 saturated heterocycles. The fourth-order valence-electron chi connectivity index (χ4n) is 5.69. The first-order chi connectivity index (χ1) is 17.4. The van der Waals surface area contributed by atoms with Crippen LogP contribution in [0.1, 0.15) is 68.9 Å². The maximum Gasteiger partial charge on any atom is 0.230 e. The average Bonchev–Trinajstić information content (AvgIpc) is 2.91. The molecule has 0 unspecified atom stereocenters. The van der Waals surface area contributed by atoms with E-state index >= 15 is 0 Å². The van der Waals surface area contributed by atoms with Gasteiger partial charge in [0.05, 0.1) is 12.5 Å². The van der Waals surface area contributed by atoms with Crippen molar-refractivity contribution in [1.29, 1.82) is 0 Å². The Labute approximate surface area is 220 Å². The average molecular weight is 511 g/mol. The molecule has 0 bridgehead atoms. The topological polar surface area (TPSA) is 49.9 Å². The van der Waals surface area contributed by atoms with Gasteiger partial charge in [0.1, 0.15) is 5.75 Å². The first-order valence-corrected chi connectivity index (χ1v) is 13.8. The van der Waals surface area contributed by atoms with E-state index in [0.717, 1.165) is 68.6 Å². The van der Waals surface area contributed by atoms with E-state index in [4.69, 9.17) is 16.3 Å². The Morgan fingerprint density at radius 3 is 2.42 bits per heavy atom. The zero-order chi connectivity index (χ0) is 25.5. The Hall–Kier alpha value is -2.53. The van der Waals surface area contributed by atoms with Crippen molar-refractivity contribution in [3.63, 3.8) is 0 Å². The molecule has 0 saturated carbocycles. The van der Waals surface area contributed by atoms with Crippen molar-refractivity contribution in [2.75, 3.05) is 32.8 Å². The van der Waals surface area contributed by atoms with Crippen molar-refractivity contribution in [3.8, 4) is 5.75 Å². The Morgan fingerprint density at radius 2 is 1.72 bits per heavy atom. The van der Waals surface area contributed by atoms with Crippen molar-refractivity contribution in [3.05, 3.63) is 64.7 Å². The van der Waals surface area contributed by atoms with Gasteiger partial charge >= 0.3 is 0 Å². The van der Waals surface area contributed by atoms with Crippen LogP contribution in [0.25, 0.3) is 0 Å². The quantitative estimate of drug-likeness (QED) is 0.423. The van der Waals surface area contributed by atoms with Gasteiger partial charge in [-0.15, -0.1) is 0 Å². The van der Waals surface area contributed by atoms with Gasteiger partial charge in [-0.3, -0.25) is 9.59 Å². The summed E-state index contributed by atoms with van der Waals surface area (Å²) in [7, 11) is 0. The first-order valence-electron chi connectivity index (χ1n) is 13.4. The number of carbonyl (C=O) groups excluding carboxylic acids is 2. The second-order valence-electron chi connectivity index (χ2n) is 10.6.